The zero-order valence-electron chi connectivity index (χ0n) is 18.9. The average Bonchev–Trinajstić information content (AvgIpc) is 2.60. The van der Waals surface area contributed by atoms with E-state index in [9.17, 15) is 4.79 Å². The minimum atomic E-state index is -0.910. The Balaban J connectivity index is 0.000000576. The van der Waals surface area contributed by atoms with Gasteiger partial charge in [-0.2, -0.15) is 0 Å². The average molecular weight is 387 g/mol. The zero-order valence-corrected chi connectivity index (χ0v) is 18.9. The minimum Gasteiger partial charge on any atom is -0.493 e. The van der Waals surface area contributed by atoms with Crippen LogP contribution < -0.4 is 4.74 Å². The van der Waals surface area contributed by atoms with Gasteiger partial charge in [-0.05, 0) is 61.3 Å². The molecular weight excluding hydrogens is 348 g/mol. The molecule has 0 aromatic heterocycles. The summed E-state index contributed by atoms with van der Waals surface area (Å²) in [6.45, 7) is 17.7. The summed E-state index contributed by atoms with van der Waals surface area (Å²) in [6.07, 6.45) is 9.50. The highest BCUT2D eigenvalue weighted by Crippen LogP contribution is 2.33. The molecule has 0 aliphatic heterocycles. The molecule has 0 radical (unpaired) electrons. The molecule has 0 spiro atoms. The Morgan fingerprint density at radius 3 is 2.25 bits per heavy atom. The summed E-state index contributed by atoms with van der Waals surface area (Å²) in [5.41, 5.74) is 4.76. The molecule has 0 saturated carbocycles. The number of hydrogen-bond acceptors (Lipinski definition) is 2. The first-order valence-electron chi connectivity index (χ1n) is 10.1. The number of carboxylic acids is 1. The molecule has 0 aliphatic carbocycles. The molecule has 28 heavy (non-hydrogen) atoms. The molecule has 1 rings (SSSR count). The van der Waals surface area contributed by atoms with Crippen molar-refractivity contribution in [1.29, 1.82) is 0 Å². The van der Waals surface area contributed by atoms with Crippen LogP contribution in [0.3, 0.4) is 0 Å². The Morgan fingerprint density at radius 2 is 1.79 bits per heavy atom. The Morgan fingerprint density at radius 1 is 1.14 bits per heavy atom. The lowest BCUT2D eigenvalue weighted by Crippen LogP contribution is -2.04. The number of aryl methyl sites for hydroxylation is 1. The van der Waals surface area contributed by atoms with E-state index < -0.39 is 5.97 Å². The number of benzene rings is 1. The molecule has 1 N–H and O–H groups in total. The van der Waals surface area contributed by atoms with Crippen molar-refractivity contribution in [2.75, 3.05) is 6.61 Å². The van der Waals surface area contributed by atoms with E-state index in [1.807, 2.05) is 19.1 Å². The molecule has 156 valence electrons. The van der Waals surface area contributed by atoms with Crippen molar-refractivity contribution in [3.8, 4) is 5.75 Å². The first kappa shape index (κ1) is 25.7. The van der Waals surface area contributed by atoms with Gasteiger partial charge in [0.15, 0.2) is 0 Å². The Kier molecular flexibility index (Phi) is 12.7. The lowest BCUT2D eigenvalue weighted by atomic mass is 9.92. The van der Waals surface area contributed by atoms with Gasteiger partial charge in [0.1, 0.15) is 5.75 Å². The molecule has 0 saturated heterocycles. The van der Waals surface area contributed by atoms with E-state index in [0.29, 0.717) is 11.8 Å². The topological polar surface area (TPSA) is 46.5 Å². The van der Waals surface area contributed by atoms with Crippen LogP contribution in [-0.2, 0) is 4.79 Å². The van der Waals surface area contributed by atoms with Crippen LogP contribution >= 0.6 is 0 Å². The summed E-state index contributed by atoms with van der Waals surface area (Å²) in [7, 11) is 0. The lowest BCUT2D eigenvalue weighted by molar-refractivity contribution is -0.131. The van der Waals surface area contributed by atoms with E-state index in [0.717, 1.165) is 24.4 Å². The van der Waals surface area contributed by atoms with E-state index in [-0.39, 0.29) is 0 Å². The van der Waals surface area contributed by atoms with Gasteiger partial charge in [0, 0.05) is 6.08 Å². The molecule has 1 aromatic rings. The van der Waals surface area contributed by atoms with Gasteiger partial charge in [-0.25, -0.2) is 4.79 Å². The highest BCUT2D eigenvalue weighted by Gasteiger charge is 2.13. The number of carboxylic acid groups (broad SMARTS) is 1. The highest BCUT2D eigenvalue weighted by molar-refractivity contribution is 5.81. The van der Waals surface area contributed by atoms with Crippen LogP contribution in [-0.4, -0.2) is 17.7 Å². The first-order valence-corrected chi connectivity index (χ1v) is 10.1. The molecular formula is C25H38O3. The van der Waals surface area contributed by atoms with Crippen LogP contribution in [0.1, 0.15) is 83.4 Å². The van der Waals surface area contributed by atoms with E-state index in [1.165, 1.54) is 22.8 Å². The van der Waals surface area contributed by atoms with Gasteiger partial charge >= 0.3 is 5.97 Å². The zero-order chi connectivity index (χ0) is 21.7. The van der Waals surface area contributed by atoms with Gasteiger partial charge < -0.3 is 9.84 Å². The minimum absolute atomic E-state index is 0.513. The third-order valence-electron chi connectivity index (χ3n) is 4.08. The predicted molar refractivity (Wildman–Crippen MR) is 120 cm³/mol. The number of hydrogen-bond donors (Lipinski definition) is 1. The van der Waals surface area contributed by atoms with Crippen LogP contribution in [0.5, 0.6) is 5.75 Å². The summed E-state index contributed by atoms with van der Waals surface area (Å²) in [6, 6.07) is 4.58. The predicted octanol–water partition coefficient (Wildman–Crippen LogP) is 7.18. The van der Waals surface area contributed by atoms with Gasteiger partial charge in [0.2, 0.25) is 0 Å². The third-order valence-corrected chi connectivity index (χ3v) is 4.08. The Hall–Kier alpha value is -2.29. The van der Waals surface area contributed by atoms with Crippen LogP contribution in [0, 0.1) is 6.92 Å². The number of ether oxygens (including phenoxy) is 1. The summed E-state index contributed by atoms with van der Waals surface area (Å²) >= 11 is 0. The molecule has 3 nitrogen and oxygen atoms in total. The maximum absolute atomic E-state index is 10.1. The lowest BCUT2D eigenvalue weighted by Gasteiger charge is -2.19. The second-order valence-corrected chi connectivity index (χ2v) is 7.53. The van der Waals surface area contributed by atoms with Gasteiger partial charge in [-0.1, -0.05) is 71.1 Å². The van der Waals surface area contributed by atoms with Crippen LogP contribution in [0.15, 0.2) is 48.1 Å². The molecule has 0 atom stereocenters. The molecule has 0 aliphatic rings. The van der Waals surface area contributed by atoms with Crippen molar-refractivity contribution in [2.45, 2.75) is 73.6 Å². The number of aliphatic carboxylic acids is 1. The van der Waals surface area contributed by atoms with Crippen LogP contribution in [0.2, 0.25) is 0 Å². The SMILES string of the molecule is C/C=C/C=C/C(C)=C\C(=O)O.CCCOc1c(C)cc(C(C)C)cc1C(C)C. The fraction of sp³-hybridized carbons (Fsp3) is 0.480. The molecule has 0 unspecified atom stereocenters. The number of allylic oxidation sites excluding steroid dienone is 5. The van der Waals surface area contributed by atoms with Gasteiger partial charge in [-0.15, -0.1) is 0 Å². The second-order valence-electron chi connectivity index (χ2n) is 7.53. The largest absolute Gasteiger partial charge is 0.493 e. The molecule has 0 amide bonds. The molecule has 1 aromatic carbocycles. The molecule has 0 heterocycles. The summed E-state index contributed by atoms with van der Waals surface area (Å²) < 4.78 is 5.91. The van der Waals surface area contributed by atoms with Crippen molar-refractivity contribution in [1.82, 2.24) is 0 Å². The maximum atomic E-state index is 10.1. The first-order chi connectivity index (χ1) is 13.1. The fourth-order valence-corrected chi connectivity index (χ4v) is 2.55. The number of rotatable bonds is 8. The van der Waals surface area contributed by atoms with Crippen molar-refractivity contribution >= 4 is 5.97 Å². The summed E-state index contributed by atoms with van der Waals surface area (Å²) in [5, 5.41) is 8.31. The van der Waals surface area contributed by atoms with Gasteiger partial charge in [0.25, 0.3) is 0 Å². The Bertz CT molecular complexity index is 692. The van der Waals surface area contributed by atoms with Crippen molar-refractivity contribution in [3.05, 3.63) is 64.8 Å². The number of carbonyl (C=O) groups is 1. The standard InChI is InChI=1S/C16H26O.C9H12O2/c1-7-8-17-16-13(6)9-14(11(2)3)10-15(16)12(4)5;1-3-4-5-6-8(2)7-9(10)11/h9-12H,7-8H2,1-6H3;3-7H,1-2H3,(H,10,11)/b;4-3+,6-5+,8-7-. The van der Waals surface area contributed by atoms with Gasteiger partial charge in [-0.3, -0.25) is 0 Å². The van der Waals surface area contributed by atoms with Crippen molar-refractivity contribution < 1.29 is 14.6 Å². The molecule has 3 heteroatoms. The van der Waals surface area contributed by atoms with Crippen molar-refractivity contribution in [3.63, 3.8) is 0 Å². The van der Waals surface area contributed by atoms with E-state index >= 15 is 0 Å². The second kappa shape index (κ2) is 13.8. The van der Waals surface area contributed by atoms with E-state index in [1.54, 1.807) is 19.1 Å². The molecule has 0 bridgehead atoms. The Labute approximate surface area is 171 Å². The normalized spacial score (nSPS) is 12.0. The smallest absolute Gasteiger partial charge is 0.328 e. The summed E-state index contributed by atoms with van der Waals surface area (Å²) in [5.74, 6) is 1.28. The highest BCUT2D eigenvalue weighted by atomic mass is 16.5. The van der Waals surface area contributed by atoms with Crippen LogP contribution in [0.25, 0.3) is 0 Å². The van der Waals surface area contributed by atoms with Gasteiger partial charge in [0.05, 0.1) is 6.61 Å². The quantitative estimate of drug-likeness (QED) is 0.380. The maximum Gasteiger partial charge on any atom is 0.328 e. The monoisotopic (exact) mass is 386 g/mol. The van der Waals surface area contributed by atoms with E-state index in [2.05, 4.69) is 53.7 Å². The molecule has 0 fully saturated rings. The fourth-order valence-electron chi connectivity index (χ4n) is 2.55. The van der Waals surface area contributed by atoms with E-state index in [4.69, 9.17) is 9.84 Å². The van der Waals surface area contributed by atoms with Crippen molar-refractivity contribution in [2.24, 2.45) is 0 Å². The third kappa shape index (κ3) is 10.1. The van der Waals surface area contributed by atoms with Crippen LogP contribution in [0.4, 0.5) is 0 Å². The summed E-state index contributed by atoms with van der Waals surface area (Å²) in [4.78, 5) is 10.1.